The fourth-order valence-corrected chi connectivity index (χ4v) is 4.13. The second kappa shape index (κ2) is 7.17. The van der Waals surface area contributed by atoms with Crippen LogP contribution in [0, 0.1) is 13.8 Å². The van der Waals surface area contributed by atoms with Crippen LogP contribution in [-0.2, 0) is 6.42 Å². The lowest BCUT2D eigenvalue weighted by atomic mass is 10.0. The van der Waals surface area contributed by atoms with Gasteiger partial charge in [-0.3, -0.25) is 4.79 Å². The number of allylic oxidation sites excluding steroid dienone is 1. The number of nitrogens with zero attached hydrogens (tertiary/aromatic N) is 1. The molecule has 2 heterocycles. The molecule has 1 aromatic carbocycles. The molecule has 0 unspecified atom stereocenters. The van der Waals surface area contributed by atoms with Crippen molar-refractivity contribution >= 4 is 44.5 Å². The Morgan fingerprint density at radius 2 is 1.92 bits per heavy atom. The van der Waals surface area contributed by atoms with Gasteiger partial charge < -0.3 is 16.4 Å². The number of rotatable bonds is 5. The van der Waals surface area contributed by atoms with Crippen LogP contribution >= 0.6 is 11.3 Å². The van der Waals surface area contributed by atoms with Crippen LogP contribution in [0.2, 0.25) is 0 Å². The number of anilines is 3. The topological polar surface area (TPSA) is 80.0 Å². The second-order valence-electron chi connectivity index (χ2n) is 6.10. The number of nitrogens with two attached hydrogens (primary N) is 1. The van der Waals surface area contributed by atoms with E-state index in [0.717, 1.165) is 44.8 Å². The summed E-state index contributed by atoms with van der Waals surface area (Å²) in [5.74, 6) is -0.218. The molecule has 0 atom stereocenters. The molecule has 5 nitrogen and oxygen atoms in total. The van der Waals surface area contributed by atoms with Gasteiger partial charge in [-0.25, -0.2) is 4.98 Å². The van der Waals surface area contributed by atoms with Crippen LogP contribution in [0.4, 0.5) is 17.1 Å². The third-order valence-corrected chi connectivity index (χ3v) is 5.54. The molecule has 0 aliphatic rings. The van der Waals surface area contributed by atoms with Gasteiger partial charge in [0.25, 0.3) is 5.91 Å². The first kappa shape index (κ1) is 17.9. The number of hydrogen-bond donors (Lipinski definition) is 3. The predicted octanol–water partition coefficient (Wildman–Crippen LogP) is 4.52. The van der Waals surface area contributed by atoms with E-state index in [1.807, 2.05) is 51.2 Å². The third-order valence-electron chi connectivity index (χ3n) is 4.45. The standard InChI is InChI=1S/C20H22N4OS/c1-5-6-15-11(2)16-17(21)18(26-20(16)23-12(15)3)19(25)24-14-9-7-13(22-4)8-10-14/h5,7-10,22H,1,6,21H2,2-4H3,(H,24,25). The Morgan fingerprint density at radius 3 is 2.54 bits per heavy atom. The van der Waals surface area contributed by atoms with E-state index in [9.17, 15) is 4.79 Å². The van der Waals surface area contributed by atoms with E-state index < -0.39 is 0 Å². The van der Waals surface area contributed by atoms with Gasteiger partial charge in [0.05, 0.1) is 5.69 Å². The first-order chi connectivity index (χ1) is 12.5. The third kappa shape index (κ3) is 3.15. The minimum Gasteiger partial charge on any atom is -0.397 e. The highest BCUT2D eigenvalue weighted by molar-refractivity contribution is 7.21. The van der Waals surface area contributed by atoms with Crippen molar-refractivity contribution in [2.24, 2.45) is 0 Å². The fourth-order valence-electron chi connectivity index (χ4n) is 3.04. The van der Waals surface area contributed by atoms with Gasteiger partial charge in [0, 0.05) is 29.5 Å². The number of amides is 1. The second-order valence-corrected chi connectivity index (χ2v) is 7.10. The summed E-state index contributed by atoms with van der Waals surface area (Å²) >= 11 is 1.33. The number of pyridine rings is 1. The monoisotopic (exact) mass is 366 g/mol. The predicted molar refractivity (Wildman–Crippen MR) is 111 cm³/mol. The van der Waals surface area contributed by atoms with Crippen LogP contribution in [0.1, 0.15) is 26.5 Å². The van der Waals surface area contributed by atoms with Crippen LogP contribution in [0.3, 0.4) is 0 Å². The van der Waals surface area contributed by atoms with Crippen molar-refractivity contribution in [3.63, 3.8) is 0 Å². The number of nitrogens with one attached hydrogen (secondary N) is 2. The zero-order valence-corrected chi connectivity index (χ0v) is 16.0. The van der Waals surface area contributed by atoms with E-state index in [4.69, 9.17) is 5.73 Å². The smallest absolute Gasteiger partial charge is 0.267 e. The number of benzene rings is 1. The lowest BCUT2D eigenvalue weighted by Gasteiger charge is -2.09. The molecule has 0 aliphatic heterocycles. The SMILES string of the molecule is C=CCc1c(C)nc2sc(C(=O)Nc3ccc(NC)cc3)c(N)c2c1C. The molecule has 3 rings (SSSR count). The minimum atomic E-state index is -0.218. The normalized spacial score (nSPS) is 10.7. The largest absolute Gasteiger partial charge is 0.397 e. The van der Waals surface area contributed by atoms with Gasteiger partial charge in [-0.1, -0.05) is 6.08 Å². The molecule has 0 radical (unpaired) electrons. The van der Waals surface area contributed by atoms with Crippen LogP contribution in [-0.4, -0.2) is 17.9 Å². The van der Waals surface area contributed by atoms with Gasteiger partial charge >= 0.3 is 0 Å². The maximum absolute atomic E-state index is 12.7. The number of nitrogen functional groups attached to an aromatic ring is 1. The molecule has 0 spiro atoms. The summed E-state index contributed by atoms with van der Waals surface area (Å²) in [6.07, 6.45) is 2.59. The van der Waals surface area contributed by atoms with Crippen LogP contribution in [0.15, 0.2) is 36.9 Å². The molecule has 0 saturated heterocycles. The molecule has 134 valence electrons. The van der Waals surface area contributed by atoms with E-state index in [-0.39, 0.29) is 5.91 Å². The minimum absolute atomic E-state index is 0.218. The molecule has 0 aliphatic carbocycles. The Bertz CT molecular complexity index is 989. The molecule has 6 heteroatoms. The number of hydrogen-bond acceptors (Lipinski definition) is 5. The van der Waals surface area contributed by atoms with Gasteiger partial charge in [-0.2, -0.15) is 0 Å². The van der Waals surface area contributed by atoms with Crippen molar-refractivity contribution < 1.29 is 4.79 Å². The van der Waals surface area contributed by atoms with Gasteiger partial charge in [0.1, 0.15) is 9.71 Å². The average Bonchev–Trinajstić information content (AvgIpc) is 2.95. The summed E-state index contributed by atoms with van der Waals surface area (Å²) < 4.78 is 0. The molecular formula is C20H22N4OS. The van der Waals surface area contributed by atoms with Crippen molar-refractivity contribution in [3.8, 4) is 0 Å². The molecule has 1 amide bonds. The Kier molecular flexibility index (Phi) is 4.95. The number of thiophene rings is 1. The number of carbonyl (C=O) groups excluding carboxylic acids is 1. The molecule has 3 aromatic rings. The lowest BCUT2D eigenvalue weighted by molar-refractivity contribution is 0.103. The van der Waals surface area contributed by atoms with Crippen LogP contribution in [0.5, 0.6) is 0 Å². The van der Waals surface area contributed by atoms with Crippen molar-refractivity contribution in [3.05, 3.63) is 58.6 Å². The molecule has 26 heavy (non-hydrogen) atoms. The van der Waals surface area contributed by atoms with Crippen LogP contribution in [0.25, 0.3) is 10.2 Å². The van der Waals surface area contributed by atoms with Crippen molar-refractivity contribution in [2.45, 2.75) is 20.3 Å². The Balaban J connectivity index is 1.99. The first-order valence-corrected chi connectivity index (χ1v) is 9.16. The average molecular weight is 366 g/mol. The number of carbonyl (C=O) groups is 1. The van der Waals surface area contributed by atoms with Gasteiger partial charge in [0.2, 0.25) is 0 Å². The molecule has 2 aromatic heterocycles. The summed E-state index contributed by atoms with van der Waals surface area (Å²) in [6, 6.07) is 7.51. The Morgan fingerprint density at radius 1 is 1.27 bits per heavy atom. The zero-order chi connectivity index (χ0) is 18.8. The lowest BCUT2D eigenvalue weighted by Crippen LogP contribution is -2.12. The quantitative estimate of drug-likeness (QED) is 0.580. The zero-order valence-electron chi connectivity index (χ0n) is 15.1. The molecular weight excluding hydrogens is 344 g/mol. The van der Waals surface area contributed by atoms with Crippen molar-refractivity contribution in [1.29, 1.82) is 0 Å². The summed E-state index contributed by atoms with van der Waals surface area (Å²) in [5, 5.41) is 6.82. The Labute approximate surface area is 156 Å². The van der Waals surface area contributed by atoms with Gasteiger partial charge in [-0.15, -0.1) is 17.9 Å². The summed E-state index contributed by atoms with van der Waals surface area (Å²) in [5.41, 5.74) is 11.7. The molecule has 0 saturated carbocycles. The highest BCUT2D eigenvalue weighted by Gasteiger charge is 2.21. The Hall–Kier alpha value is -2.86. The highest BCUT2D eigenvalue weighted by Crippen LogP contribution is 2.37. The summed E-state index contributed by atoms with van der Waals surface area (Å²) in [4.78, 5) is 18.7. The van der Waals surface area contributed by atoms with Crippen LogP contribution < -0.4 is 16.4 Å². The highest BCUT2D eigenvalue weighted by atomic mass is 32.1. The van der Waals surface area contributed by atoms with E-state index >= 15 is 0 Å². The van der Waals surface area contributed by atoms with Crippen molar-refractivity contribution in [1.82, 2.24) is 4.98 Å². The van der Waals surface area contributed by atoms with Gasteiger partial charge in [-0.05, 0) is 55.7 Å². The maximum atomic E-state index is 12.7. The van der Waals surface area contributed by atoms with E-state index in [1.54, 1.807) is 0 Å². The van der Waals surface area contributed by atoms with E-state index in [2.05, 4.69) is 22.2 Å². The summed E-state index contributed by atoms with van der Waals surface area (Å²) in [6.45, 7) is 7.81. The number of fused-ring (bicyclic) bond motifs is 1. The van der Waals surface area contributed by atoms with Gasteiger partial charge in [0.15, 0.2) is 0 Å². The summed E-state index contributed by atoms with van der Waals surface area (Å²) in [7, 11) is 1.85. The molecule has 4 N–H and O–H groups in total. The maximum Gasteiger partial charge on any atom is 0.267 e. The fraction of sp³-hybridized carbons (Fsp3) is 0.200. The van der Waals surface area contributed by atoms with Crippen molar-refractivity contribution in [2.75, 3.05) is 23.4 Å². The number of aromatic nitrogens is 1. The molecule has 0 bridgehead atoms. The first-order valence-electron chi connectivity index (χ1n) is 8.34. The number of aryl methyl sites for hydroxylation is 2. The molecule has 0 fully saturated rings. The van der Waals surface area contributed by atoms with E-state index in [1.165, 1.54) is 11.3 Å². The van der Waals surface area contributed by atoms with E-state index in [0.29, 0.717) is 10.6 Å².